The van der Waals surface area contributed by atoms with Crippen LogP contribution in [0, 0.1) is 26.0 Å². The smallest absolute Gasteiger partial charge is 0.318 e. The third kappa shape index (κ3) is 4.77. The lowest BCUT2D eigenvalue weighted by Crippen LogP contribution is -2.27. The van der Waals surface area contributed by atoms with Crippen molar-refractivity contribution >= 4 is 57.3 Å². The number of ether oxygens (including phenoxy) is 1. The standard InChI is InChI=1S/C22H12FN3O6S2/c23-14-4-2-5-15(11-14)24-21(27)20(34-22(24)33)10-13-3-1-6-17(9-13)32-19-8-7-16(25(28)29)12-18(19)26(30)31/h1-12H. The molecule has 3 aromatic rings. The molecule has 1 heterocycles. The van der Waals surface area contributed by atoms with E-state index in [4.69, 9.17) is 17.0 Å². The molecule has 3 aromatic carbocycles. The molecule has 34 heavy (non-hydrogen) atoms. The van der Waals surface area contributed by atoms with Crippen molar-refractivity contribution in [1.29, 1.82) is 0 Å². The number of carbonyl (C=O) groups is 1. The summed E-state index contributed by atoms with van der Waals surface area (Å²) >= 11 is 6.33. The first-order valence-electron chi connectivity index (χ1n) is 9.47. The Balaban J connectivity index is 1.60. The number of hydrogen-bond acceptors (Lipinski definition) is 8. The number of halogens is 1. The Morgan fingerprint density at radius 2 is 1.76 bits per heavy atom. The Hall–Kier alpha value is -4.16. The van der Waals surface area contributed by atoms with Crippen molar-refractivity contribution in [2.45, 2.75) is 0 Å². The Morgan fingerprint density at radius 3 is 2.47 bits per heavy atom. The number of non-ortho nitro benzene ring substituents is 1. The number of anilines is 1. The van der Waals surface area contributed by atoms with E-state index in [1.165, 1.54) is 23.1 Å². The van der Waals surface area contributed by atoms with Crippen molar-refractivity contribution in [3.63, 3.8) is 0 Å². The van der Waals surface area contributed by atoms with E-state index >= 15 is 0 Å². The molecule has 1 amide bonds. The van der Waals surface area contributed by atoms with Crippen LogP contribution in [-0.4, -0.2) is 20.1 Å². The lowest BCUT2D eigenvalue weighted by molar-refractivity contribution is -0.394. The summed E-state index contributed by atoms with van der Waals surface area (Å²) in [5.41, 5.74) is -0.140. The van der Waals surface area contributed by atoms with Gasteiger partial charge in [-0.25, -0.2) is 4.39 Å². The molecule has 0 saturated carbocycles. The Kier molecular flexibility index (Phi) is 6.34. The van der Waals surface area contributed by atoms with Gasteiger partial charge < -0.3 is 4.74 Å². The van der Waals surface area contributed by atoms with Gasteiger partial charge >= 0.3 is 5.69 Å². The van der Waals surface area contributed by atoms with Crippen LogP contribution in [0.3, 0.4) is 0 Å². The van der Waals surface area contributed by atoms with E-state index in [0.717, 1.165) is 30.0 Å². The lowest BCUT2D eigenvalue weighted by Gasteiger charge is -2.14. The summed E-state index contributed by atoms with van der Waals surface area (Å²) < 4.78 is 19.4. The van der Waals surface area contributed by atoms with Gasteiger partial charge in [-0.15, -0.1) is 0 Å². The maximum atomic E-state index is 13.6. The highest BCUT2D eigenvalue weighted by molar-refractivity contribution is 8.27. The van der Waals surface area contributed by atoms with Crippen LogP contribution >= 0.6 is 24.0 Å². The monoisotopic (exact) mass is 497 g/mol. The van der Waals surface area contributed by atoms with Crippen LogP contribution in [0.1, 0.15) is 5.56 Å². The molecule has 1 saturated heterocycles. The topological polar surface area (TPSA) is 116 Å². The highest BCUT2D eigenvalue weighted by Gasteiger charge is 2.33. The van der Waals surface area contributed by atoms with Gasteiger partial charge in [0, 0.05) is 6.07 Å². The van der Waals surface area contributed by atoms with Crippen LogP contribution in [-0.2, 0) is 4.79 Å². The van der Waals surface area contributed by atoms with Gasteiger partial charge in [0.1, 0.15) is 11.6 Å². The van der Waals surface area contributed by atoms with Gasteiger partial charge in [0.25, 0.3) is 11.6 Å². The van der Waals surface area contributed by atoms with Gasteiger partial charge in [0.05, 0.1) is 26.5 Å². The molecule has 1 fully saturated rings. The summed E-state index contributed by atoms with van der Waals surface area (Å²) in [6.07, 6.45) is 1.57. The molecule has 4 rings (SSSR count). The van der Waals surface area contributed by atoms with Gasteiger partial charge in [-0.2, -0.15) is 0 Å². The molecular formula is C22H12FN3O6S2. The van der Waals surface area contributed by atoms with Gasteiger partial charge in [-0.05, 0) is 48.0 Å². The number of thioether (sulfide) groups is 1. The van der Waals surface area contributed by atoms with Crippen molar-refractivity contribution in [3.8, 4) is 11.5 Å². The van der Waals surface area contributed by atoms with Crippen LogP contribution in [0.2, 0.25) is 0 Å². The Labute approximate surface area is 200 Å². The molecule has 0 spiro atoms. The minimum absolute atomic E-state index is 0.176. The van der Waals surface area contributed by atoms with Crippen LogP contribution < -0.4 is 9.64 Å². The first-order chi connectivity index (χ1) is 16.2. The molecule has 170 valence electrons. The van der Waals surface area contributed by atoms with Crippen molar-refractivity contribution in [2.24, 2.45) is 0 Å². The third-order valence-corrected chi connectivity index (χ3v) is 5.90. The van der Waals surface area contributed by atoms with Gasteiger partial charge in [-0.3, -0.25) is 29.9 Å². The van der Waals surface area contributed by atoms with Gasteiger partial charge in [-0.1, -0.05) is 42.2 Å². The molecule has 0 N–H and O–H groups in total. The summed E-state index contributed by atoms with van der Waals surface area (Å²) in [7, 11) is 0. The fraction of sp³-hybridized carbons (Fsp3) is 0. The number of benzene rings is 3. The van der Waals surface area contributed by atoms with Crippen LogP contribution in [0.5, 0.6) is 11.5 Å². The molecule has 0 unspecified atom stereocenters. The molecular weight excluding hydrogens is 485 g/mol. The molecule has 9 nitrogen and oxygen atoms in total. The molecule has 12 heteroatoms. The minimum atomic E-state index is -0.774. The van der Waals surface area contributed by atoms with E-state index < -0.39 is 32.9 Å². The number of rotatable bonds is 6. The molecule has 0 atom stereocenters. The van der Waals surface area contributed by atoms with Gasteiger partial charge in [0.15, 0.2) is 4.32 Å². The SMILES string of the molecule is O=C1C(=Cc2cccc(Oc3ccc([N+](=O)[O-])cc3[N+](=O)[O-])c2)SC(=S)N1c1cccc(F)c1. The van der Waals surface area contributed by atoms with Crippen molar-refractivity contribution in [3.05, 3.63) is 103 Å². The highest BCUT2D eigenvalue weighted by Crippen LogP contribution is 2.37. The Morgan fingerprint density at radius 1 is 1.00 bits per heavy atom. The maximum Gasteiger partial charge on any atom is 0.318 e. The van der Waals surface area contributed by atoms with Crippen LogP contribution in [0.4, 0.5) is 21.5 Å². The maximum absolute atomic E-state index is 13.6. The van der Waals surface area contributed by atoms with E-state index in [0.29, 0.717) is 16.2 Å². The average molecular weight is 497 g/mol. The molecule has 1 aliphatic heterocycles. The molecule has 1 aliphatic rings. The van der Waals surface area contributed by atoms with E-state index in [2.05, 4.69) is 0 Å². The summed E-state index contributed by atoms with van der Waals surface area (Å²) in [6, 6.07) is 15.0. The zero-order valence-electron chi connectivity index (χ0n) is 16.9. The predicted octanol–water partition coefficient (Wildman–Crippen LogP) is 5.84. The van der Waals surface area contributed by atoms with Crippen molar-refractivity contribution < 1.29 is 23.8 Å². The second kappa shape index (κ2) is 9.37. The van der Waals surface area contributed by atoms with Crippen LogP contribution in [0.25, 0.3) is 6.08 Å². The van der Waals surface area contributed by atoms with E-state index in [-0.39, 0.29) is 15.8 Å². The fourth-order valence-electron chi connectivity index (χ4n) is 3.10. The molecule has 0 bridgehead atoms. The Bertz CT molecular complexity index is 1390. The first kappa shape index (κ1) is 23.0. The quantitative estimate of drug-likeness (QED) is 0.180. The third-order valence-electron chi connectivity index (χ3n) is 4.59. The molecule has 0 aromatic heterocycles. The molecule has 0 aliphatic carbocycles. The number of carbonyl (C=O) groups excluding carboxylic acids is 1. The summed E-state index contributed by atoms with van der Waals surface area (Å²) in [6.45, 7) is 0. The summed E-state index contributed by atoms with van der Waals surface area (Å²) in [4.78, 5) is 35.1. The van der Waals surface area contributed by atoms with Gasteiger partial charge in [0.2, 0.25) is 5.75 Å². The lowest BCUT2D eigenvalue weighted by atomic mass is 10.2. The highest BCUT2D eigenvalue weighted by atomic mass is 32.2. The number of nitrogens with zero attached hydrogens (tertiary/aromatic N) is 3. The number of thiocarbonyl (C=S) groups is 1. The summed E-state index contributed by atoms with van der Waals surface area (Å²) in [5, 5.41) is 22.2. The van der Waals surface area contributed by atoms with E-state index in [1.54, 1.807) is 36.4 Å². The number of nitro benzene ring substituents is 2. The zero-order chi connectivity index (χ0) is 24.4. The molecule has 0 radical (unpaired) electrons. The number of amides is 1. The normalized spacial score (nSPS) is 14.5. The average Bonchev–Trinajstić information content (AvgIpc) is 3.06. The minimum Gasteiger partial charge on any atom is -0.450 e. The first-order valence-corrected chi connectivity index (χ1v) is 10.7. The number of nitro groups is 2. The van der Waals surface area contributed by atoms with E-state index in [9.17, 15) is 29.4 Å². The second-order valence-corrected chi connectivity index (χ2v) is 8.51. The predicted molar refractivity (Wildman–Crippen MR) is 128 cm³/mol. The largest absolute Gasteiger partial charge is 0.450 e. The zero-order valence-corrected chi connectivity index (χ0v) is 18.5. The van der Waals surface area contributed by atoms with Crippen molar-refractivity contribution in [1.82, 2.24) is 0 Å². The fourth-order valence-corrected chi connectivity index (χ4v) is 4.40. The van der Waals surface area contributed by atoms with Crippen molar-refractivity contribution in [2.75, 3.05) is 4.90 Å². The van der Waals surface area contributed by atoms with Crippen LogP contribution in [0.15, 0.2) is 71.6 Å². The number of hydrogen-bond donors (Lipinski definition) is 0. The van der Waals surface area contributed by atoms with E-state index in [1.807, 2.05) is 0 Å². The second-order valence-electron chi connectivity index (χ2n) is 6.84. The summed E-state index contributed by atoms with van der Waals surface area (Å²) in [5.74, 6) is -0.880.